The number of benzene rings is 1. The zero-order chi connectivity index (χ0) is 21.9. The van der Waals surface area contributed by atoms with E-state index in [0.717, 1.165) is 31.2 Å². The number of esters is 1. The van der Waals surface area contributed by atoms with Gasteiger partial charge in [-0.1, -0.05) is 31.4 Å². The van der Waals surface area contributed by atoms with Crippen molar-refractivity contribution in [3.05, 3.63) is 36.4 Å². The highest BCUT2D eigenvalue weighted by atomic mass is 16.6. The molecule has 164 valence electrons. The summed E-state index contributed by atoms with van der Waals surface area (Å²) < 4.78 is 15.8. The topological polar surface area (TPSA) is 103 Å². The van der Waals surface area contributed by atoms with Gasteiger partial charge in [0.05, 0.1) is 7.11 Å². The first kappa shape index (κ1) is 23.3. The minimum absolute atomic E-state index is 0.0747. The largest absolute Gasteiger partial charge is 0.493 e. The average molecular weight is 418 g/mol. The molecule has 0 saturated heterocycles. The molecular weight excluding hydrogens is 388 g/mol. The Morgan fingerprint density at radius 3 is 2.60 bits per heavy atom. The van der Waals surface area contributed by atoms with Gasteiger partial charge < -0.3 is 19.5 Å². The van der Waals surface area contributed by atoms with E-state index in [1.807, 2.05) is 6.07 Å². The van der Waals surface area contributed by atoms with E-state index in [1.165, 1.54) is 20.5 Å². The van der Waals surface area contributed by atoms with Crippen LogP contribution < -0.4 is 20.1 Å². The second-order valence-corrected chi connectivity index (χ2v) is 7.20. The number of carbonyl (C=O) groups excluding carboxylic acids is 3. The van der Waals surface area contributed by atoms with Crippen molar-refractivity contribution in [3.63, 3.8) is 0 Å². The first-order valence-electron chi connectivity index (χ1n) is 10.1. The Bertz CT molecular complexity index is 758. The molecule has 2 rings (SSSR count). The van der Waals surface area contributed by atoms with E-state index >= 15 is 0 Å². The molecule has 1 atom stereocenters. The van der Waals surface area contributed by atoms with Crippen molar-refractivity contribution in [2.24, 2.45) is 0 Å². The molecule has 30 heavy (non-hydrogen) atoms. The molecule has 8 heteroatoms. The molecule has 0 aliphatic heterocycles. The zero-order valence-electron chi connectivity index (χ0n) is 17.6. The third-order valence-electron chi connectivity index (χ3n) is 4.81. The Hall–Kier alpha value is -3.03. The fraction of sp³-hybridized carbons (Fsp3) is 0.500. The number of amides is 3. The van der Waals surface area contributed by atoms with Crippen LogP contribution in [0.1, 0.15) is 44.6 Å². The van der Waals surface area contributed by atoms with E-state index in [1.54, 1.807) is 18.2 Å². The SMILES string of the molecule is C=CCc1ccc(OCC(=O)O[C@@H](C)C(=O)NC(=O)NC2CCCCC2)c(OC)c1. The lowest BCUT2D eigenvalue weighted by atomic mass is 9.96. The molecule has 0 aromatic heterocycles. The Balaban J connectivity index is 1.77. The molecule has 0 bridgehead atoms. The third-order valence-corrected chi connectivity index (χ3v) is 4.81. The summed E-state index contributed by atoms with van der Waals surface area (Å²) in [5.41, 5.74) is 0.994. The Morgan fingerprint density at radius 2 is 1.93 bits per heavy atom. The van der Waals surface area contributed by atoms with Crippen LogP contribution in [0.15, 0.2) is 30.9 Å². The zero-order valence-corrected chi connectivity index (χ0v) is 17.6. The van der Waals surface area contributed by atoms with Crippen LogP contribution in [0.5, 0.6) is 11.5 Å². The highest BCUT2D eigenvalue weighted by molar-refractivity contribution is 5.97. The average Bonchev–Trinajstić information content (AvgIpc) is 2.73. The smallest absolute Gasteiger partial charge is 0.344 e. The predicted octanol–water partition coefficient (Wildman–Crippen LogP) is 2.89. The highest BCUT2D eigenvalue weighted by Crippen LogP contribution is 2.28. The normalized spacial score (nSPS) is 14.9. The minimum atomic E-state index is -1.13. The van der Waals surface area contributed by atoms with Crippen LogP contribution in [0.25, 0.3) is 0 Å². The summed E-state index contributed by atoms with van der Waals surface area (Å²) >= 11 is 0. The number of methoxy groups -OCH3 is 1. The molecule has 1 aromatic carbocycles. The number of urea groups is 1. The second kappa shape index (κ2) is 11.8. The van der Waals surface area contributed by atoms with Crippen LogP contribution >= 0.6 is 0 Å². The van der Waals surface area contributed by atoms with Gasteiger partial charge in [-0.2, -0.15) is 0 Å². The molecule has 1 saturated carbocycles. The van der Waals surface area contributed by atoms with Crippen molar-refractivity contribution in [1.82, 2.24) is 10.6 Å². The van der Waals surface area contributed by atoms with Gasteiger partial charge in [-0.15, -0.1) is 6.58 Å². The van der Waals surface area contributed by atoms with Crippen molar-refractivity contribution >= 4 is 17.9 Å². The lowest BCUT2D eigenvalue weighted by molar-refractivity contribution is -0.156. The fourth-order valence-corrected chi connectivity index (χ4v) is 3.23. The van der Waals surface area contributed by atoms with E-state index in [0.29, 0.717) is 17.9 Å². The number of hydrogen-bond acceptors (Lipinski definition) is 6. The molecule has 2 N–H and O–H groups in total. The van der Waals surface area contributed by atoms with Crippen molar-refractivity contribution in [2.75, 3.05) is 13.7 Å². The van der Waals surface area contributed by atoms with Crippen LogP contribution in [-0.4, -0.2) is 43.8 Å². The Labute approximate surface area is 176 Å². The van der Waals surface area contributed by atoms with Crippen molar-refractivity contribution in [1.29, 1.82) is 0 Å². The molecular formula is C22H30N2O6. The first-order chi connectivity index (χ1) is 14.4. The number of rotatable bonds is 9. The van der Waals surface area contributed by atoms with Gasteiger partial charge in [-0.3, -0.25) is 10.1 Å². The van der Waals surface area contributed by atoms with Gasteiger partial charge in [0.1, 0.15) is 0 Å². The monoisotopic (exact) mass is 418 g/mol. The summed E-state index contributed by atoms with van der Waals surface area (Å²) in [5.74, 6) is -0.566. The van der Waals surface area contributed by atoms with Crippen molar-refractivity contribution in [3.8, 4) is 11.5 Å². The van der Waals surface area contributed by atoms with Gasteiger partial charge in [-0.05, 0) is 43.9 Å². The molecule has 1 fully saturated rings. The first-order valence-corrected chi connectivity index (χ1v) is 10.1. The van der Waals surface area contributed by atoms with E-state index in [4.69, 9.17) is 14.2 Å². The standard InChI is InChI=1S/C22H30N2O6/c1-4-8-16-11-12-18(19(13-16)28-3)29-14-20(25)30-15(2)21(26)24-22(27)23-17-9-6-5-7-10-17/h4,11-13,15,17H,1,5-10,14H2,2-3H3,(H2,23,24,26,27)/t15-/m0/s1. The van der Waals surface area contributed by atoms with E-state index in [9.17, 15) is 14.4 Å². The predicted molar refractivity (Wildman–Crippen MR) is 111 cm³/mol. The van der Waals surface area contributed by atoms with E-state index in [-0.39, 0.29) is 6.04 Å². The lowest BCUT2D eigenvalue weighted by Gasteiger charge is -2.23. The molecule has 0 spiro atoms. The number of imide groups is 1. The van der Waals surface area contributed by atoms with Gasteiger partial charge in [-0.25, -0.2) is 9.59 Å². The quantitative estimate of drug-likeness (QED) is 0.472. The van der Waals surface area contributed by atoms with Crippen LogP contribution in [0.2, 0.25) is 0 Å². The van der Waals surface area contributed by atoms with Gasteiger partial charge >= 0.3 is 12.0 Å². The summed E-state index contributed by atoms with van der Waals surface area (Å²) in [6.07, 6.45) is 6.43. The van der Waals surface area contributed by atoms with Crippen LogP contribution in [-0.2, 0) is 20.7 Å². The van der Waals surface area contributed by atoms with Crippen molar-refractivity contribution in [2.45, 2.75) is 57.6 Å². The molecule has 0 heterocycles. The molecule has 8 nitrogen and oxygen atoms in total. The number of allylic oxidation sites excluding steroid dienone is 1. The number of ether oxygens (including phenoxy) is 3. The number of carbonyl (C=O) groups is 3. The van der Waals surface area contributed by atoms with Gasteiger partial charge in [0.2, 0.25) is 0 Å². The highest BCUT2D eigenvalue weighted by Gasteiger charge is 2.22. The number of hydrogen-bond donors (Lipinski definition) is 2. The fourth-order valence-electron chi connectivity index (χ4n) is 3.23. The maximum absolute atomic E-state index is 12.1. The molecule has 0 radical (unpaired) electrons. The van der Waals surface area contributed by atoms with E-state index in [2.05, 4.69) is 17.2 Å². The maximum atomic E-state index is 12.1. The van der Waals surface area contributed by atoms with Crippen LogP contribution in [0, 0.1) is 0 Å². The third kappa shape index (κ3) is 7.42. The minimum Gasteiger partial charge on any atom is -0.493 e. The Morgan fingerprint density at radius 1 is 1.20 bits per heavy atom. The van der Waals surface area contributed by atoms with Crippen molar-refractivity contribution < 1.29 is 28.6 Å². The Kier molecular flexibility index (Phi) is 9.18. The second-order valence-electron chi connectivity index (χ2n) is 7.20. The summed E-state index contributed by atoms with van der Waals surface area (Å²) in [4.78, 5) is 36.0. The van der Waals surface area contributed by atoms with Crippen LogP contribution in [0.4, 0.5) is 4.79 Å². The lowest BCUT2D eigenvalue weighted by Crippen LogP contribution is -2.48. The number of nitrogens with one attached hydrogen (secondary N) is 2. The van der Waals surface area contributed by atoms with E-state index < -0.39 is 30.6 Å². The van der Waals surface area contributed by atoms with Gasteiger partial charge in [0, 0.05) is 6.04 Å². The summed E-state index contributed by atoms with van der Waals surface area (Å²) in [6.45, 7) is 4.69. The van der Waals surface area contributed by atoms with Crippen LogP contribution in [0.3, 0.4) is 0 Å². The summed E-state index contributed by atoms with van der Waals surface area (Å²) in [5, 5.41) is 4.98. The summed E-state index contributed by atoms with van der Waals surface area (Å²) in [7, 11) is 1.50. The molecule has 1 aromatic rings. The maximum Gasteiger partial charge on any atom is 0.344 e. The molecule has 0 unspecified atom stereocenters. The van der Waals surface area contributed by atoms with Gasteiger partial charge in [0.15, 0.2) is 24.2 Å². The molecule has 3 amide bonds. The van der Waals surface area contributed by atoms with Gasteiger partial charge in [0.25, 0.3) is 5.91 Å². The molecule has 1 aliphatic rings. The summed E-state index contributed by atoms with van der Waals surface area (Å²) in [6, 6.07) is 4.83. The molecule has 1 aliphatic carbocycles.